The van der Waals surface area contributed by atoms with Gasteiger partial charge in [-0.25, -0.2) is 4.79 Å². The number of amides is 1. The van der Waals surface area contributed by atoms with Crippen molar-refractivity contribution in [3.8, 4) is 5.75 Å². The molecule has 0 aromatic heterocycles. The highest BCUT2D eigenvalue weighted by atomic mass is 16.6. The zero-order valence-electron chi connectivity index (χ0n) is 15.7. The largest absolute Gasteiger partial charge is 0.475 e. The molecule has 0 bridgehead atoms. The van der Waals surface area contributed by atoms with Gasteiger partial charge in [0, 0.05) is 6.07 Å². The van der Waals surface area contributed by atoms with E-state index in [9.17, 15) is 19.7 Å². The Kier molecular flexibility index (Phi) is 7.50. The zero-order chi connectivity index (χ0) is 20.5. The van der Waals surface area contributed by atoms with Crippen LogP contribution in [0.15, 0.2) is 48.5 Å². The average Bonchev–Trinajstić information content (AvgIpc) is 2.69. The average molecular weight is 386 g/mol. The van der Waals surface area contributed by atoms with Gasteiger partial charge in [-0.2, -0.15) is 0 Å². The first-order valence-corrected chi connectivity index (χ1v) is 8.78. The molecule has 0 fully saturated rings. The lowest BCUT2D eigenvalue weighted by Gasteiger charge is -2.17. The normalized spacial score (nSPS) is 11.4. The number of para-hydroxylation sites is 2. The summed E-state index contributed by atoms with van der Waals surface area (Å²) in [6.45, 7) is 2.93. The summed E-state index contributed by atoms with van der Waals surface area (Å²) < 4.78 is 10.0. The van der Waals surface area contributed by atoms with E-state index in [-0.39, 0.29) is 17.5 Å². The topological polar surface area (TPSA) is 108 Å². The van der Waals surface area contributed by atoms with Crippen molar-refractivity contribution in [3.05, 3.63) is 69.8 Å². The first-order valence-electron chi connectivity index (χ1n) is 8.78. The van der Waals surface area contributed by atoms with E-state index in [4.69, 9.17) is 9.47 Å². The van der Waals surface area contributed by atoms with Crippen LogP contribution >= 0.6 is 0 Å². The van der Waals surface area contributed by atoms with Crippen LogP contribution in [-0.4, -0.2) is 30.0 Å². The van der Waals surface area contributed by atoms with Crippen molar-refractivity contribution in [1.82, 2.24) is 5.32 Å². The molecule has 0 saturated carbocycles. The van der Waals surface area contributed by atoms with Gasteiger partial charge in [-0.3, -0.25) is 14.9 Å². The van der Waals surface area contributed by atoms with E-state index in [0.29, 0.717) is 6.42 Å². The van der Waals surface area contributed by atoms with Gasteiger partial charge in [0.25, 0.3) is 5.91 Å². The van der Waals surface area contributed by atoms with Crippen molar-refractivity contribution in [3.63, 3.8) is 0 Å². The minimum Gasteiger partial charge on any atom is -0.475 e. The summed E-state index contributed by atoms with van der Waals surface area (Å²) in [6.07, 6.45) is 0.684. The molecule has 8 nitrogen and oxygen atoms in total. The Morgan fingerprint density at radius 1 is 1.11 bits per heavy atom. The third kappa shape index (κ3) is 6.08. The fourth-order valence-corrected chi connectivity index (χ4v) is 2.51. The fourth-order valence-electron chi connectivity index (χ4n) is 2.51. The van der Waals surface area contributed by atoms with Gasteiger partial charge in [-0.15, -0.1) is 0 Å². The Hall–Kier alpha value is -3.42. The van der Waals surface area contributed by atoms with Gasteiger partial charge in [0.15, 0.2) is 19.0 Å². The summed E-state index contributed by atoms with van der Waals surface area (Å²) in [5.74, 6) is -1.28. The predicted molar refractivity (Wildman–Crippen MR) is 102 cm³/mol. The molecule has 2 aromatic carbocycles. The maximum absolute atomic E-state index is 12.1. The highest BCUT2D eigenvalue weighted by molar-refractivity contribution is 5.81. The monoisotopic (exact) mass is 386 g/mol. The van der Waals surface area contributed by atoms with E-state index in [2.05, 4.69) is 5.32 Å². The number of hydrogen-bond acceptors (Lipinski definition) is 6. The van der Waals surface area contributed by atoms with Gasteiger partial charge in [-0.05, 0) is 25.0 Å². The van der Waals surface area contributed by atoms with E-state index >= 15 is 0 Å². The van der Waals surface area contributed by atoms with Crippen LogP contribution in [0.5, 0.6) is 5.75 Å². The van der Waals surface area contributed by atoms with Crippen LogP contribution in [0.25, 0.3) is 0 Å². The molecule has 0 aliphatic heterocycles. The highest BCUT2D eigenvalue weighted by Crippen LogP contribution is 2.25. The summed E-state index contributed by atoms with van der Waals surface area (Å²) in [7, 11) is 0. The van der Waals surface area contributed by atoms with Crippen LogP contribution in [-0.2, 0) is 14.3 Å². The summed E-state index contributed by atoms with van der Waals surface area (Å²) in [5, 5.41) is 13.7. The minimum atomic E-state index is -0.795. The van der Waals surface area contributed by atoms with Crippen molar-refractivity contribution in [2.24, 2.45) is 0 Å². The molecule has 1 amide bonds. The Morgan fingerprint density at radius 3 is 2.43 bits per heavy atom. The third-order valence-corrected chi connectivity index (χ3v) is 3.99. The molecule has 0 aliphatic carbocycles. The van der Waals surface area contributed by atoms with Crippen molar-refractivity contribution in [2.45, 2.75) is 26.3 Å². The Bertz CT molecular complexity index is 835. The van der Waals surface area contributed by atoms with Crippen molar-refractivity contribution < 1.29 is 24.0 Å². The second-order valence-corrected chi connectivity index (χ2v) is 6.11. The molecule has 1 atom stereocenters. The van der Waals surface area contributed by atoms with Crippen LogP contribution < -0.4 is 10.1 Å². The molecule has 8 heteroatoms. The van der Waals surface area contributed by atoms with Gasteiger partial charge in [0.1, 0.15) is 0 Å². The lowest BCUT2D eigenvalue weighted by Crippen LogP contribution is -2.33. The van der Waals surface area contributed by atoms with E-state index in [0.717, 1.165) is 11.1 Å². The van der Waals surface area contributed by atoms with Crippen LogP contribution in [0.3, 0.4) is 0 Å². The van der Waals surface area contributed by atoms with Crippen molar-refractivity contribution in [1.29, 1.82) is 0 Å². The lowest BCUT2D eigenvalue weighted by atomic mass is 10.0. The summed E-state index contributed by atoms with van der Waals surface area (Å²) >= 11 is 0. The first kappa shape index (κ1) is 20.9. The SMILES string of the molecule is CC[C@@H](NC(=O)COC(=O)COc1ccccc1[N+](=O)[O-])c1ccc(C)cc1. The van der Waals surface area contributed by atoms with Crippen LogP contribution in [0.2, 0.25) is 0 Å². The molecule has 0 aliphatic rings. The van der Waals surface area contributed by atoms with Gasteiger partial charge < -0.3 is 14.8 Å². The Morgan fingerprint density at radius 2 is 1.79 bits per heavy atom. The molecular weight excluding hydrogens is 364 g/mol. The Labute approximate surface area is 162 Å². The summed E-state index contributed by atoms with van der Waals surface area (Å²) in [4.78, 5) is 34.1. The Balaban J connectivity index is 1.81. The number of carbonyl (C=O) groups excluding carboxylic acids is 2. The van der Waals surface area contributed by atoms with E-state index in [1.54, 1.807) is 6.07 Å². The molecule has 2 aromatic rings. The molecule has 0 radical (unpaired) electrons. The second kappa shape index (κ2) is 10.1. The maximum atomic E-state index is 12.1. The quantitative estimate of drug-likeness (QED) is 0.403. The van der Waals surface area contributed by atoms with Gasteiger partial charge in [0.05, 0.1) is 11.0 Å². The number of nitrogens with zero attached hydrogens (tertiary/aromatic N) is 1. The number of ether oxygens (including phenoxy) is 2. The van der Waals surface area contributed by atoms with Crippen molar-refractivity contribution in [2.75, 3.05) is 13.2 Å². The molecule has 1 N–H and O–H groups in total. The minimum absolute atomic E-state index is 0.0423. The highest BCUT2D eigenvalue weighted by Gasteiger charge is 2.17. The number of rotatable bonds is 9. The third-order valence-electron chi connectivity index (χ3n) is 3.99. The number of nitro benzene ring substituents is 1. The molecule has 28 heavy (non-hydrogen) atoms. The summed E-state index contributed by atoms with van der Waals surface area (Å²) in [5.41, 5.74) is 1.84. The number of carbonyl (C=O) groups is 2. The number of nitro groups is 1. The molecule has 0 heterocycles. The summed E-state index contributed by atoms with van der Waals surface area (Å²) in [6, 6.07) is 13.3. The number of aryl methyl sites for hydroxylation is 1. The van der Waals surface area contributed by atoms with Crippen LogP contribution in [0, 0.1) is 17.0 Å². The van der Waals surface area contributed by atoms with Gasteiger partial charge in [0.2, 0.25) is 0 Å². The standard InChI is InChI=1S/C20H22N2O6/c1-3-16(15-10-8-14(2)9-11-15)21-19(23)12-28-20(24)13-27-18-7-5-4-6-17(18)22(25)26/h4-11,16H,3,12-13H2,1-2H3,(H,21,23)/t16-/m1/s1. The zero-order valence-corrected chi connectivity index (χ0v) is 15.7. The van der Waals surface area contributed by atoms with E-state index < -0.39 is 30.0 Å². The van der Waals surface area contributed by atoms with E-state index in [1.807, 2.05) is 38.1 Å². The number of nitrogens with one attached hydrogen (secondary N) is 1. The molecule has 0 spiro atoms. The smallest absolute Gasteiger partial charge is 0.344 e. The molecule has 0 unspecified atom stereocenters. The number of hydrogen-bond donors (Lipinski definition) is 1. The van der Waals surface area contributed by atoms with Crippen LogP contribution in [0.4, 0.5) is 5.69 Å². The maximum Gasteiger partial charge on any atom is 0.344 e. The van der Waals surface area contributed by atoms with Gasteiger partial charge >= 0.3 is 11.7 Å². The van der Waals surface area contributed by atoms with E-state index in [1.165, 1.54) is 18.2 Å². The molecule has 0 saturated heterocycles. The second-order valence-electron chi connectivity index (χ2n) is 6.11. The van der Waals surface area contributed by atoms with Crippen molar-refractivity contribution >= 4 is 17.6 Å². The van der Waals surface area contributed by atoms with Gasteiger partial charge in [-0.1, -0.05) is 48.9 Å². The number of esters is 1. The predicted octanol–water partition coefficient (Wildman–Crippen LogP) is 3.09. The fraction of sp³-hybridized carbons (Fsp3) is 0.300. The first-order chi connectivity index (χ1) is 13.4. The lowest BCUT2D eigenvalue weighted by molar-refractivity contribution is -0.385. The molecule has 2 rings (SSSR count). The molecule has 148 valence electrons. The number of benzene rings is 2. The molecular formula is C20H22N2O6. The van der Waals surface area contributed by atoms with Crippen LogP contribution in [0.1, 0.15) is 30.5 Å².